The van der Waals surface area contributed by atoms with Crippen molar-refractivity contribution in [2.45, 2.75) is 76.6 Å². The smallest absolute Gasteiger partial charge is 0.186 e. The lowest BCUT2D eigenvalue weighted by Crippen LogP contribution is -2.69. The fraction of sp³-hybridized carbons (Fsp3) is 1.00. The molecule has 1 aliphatic heterocycles. The van der Waals surface area contributed by atoms with Crippen molar-refractivity contribution in [2.24, 2.45) is 11.7 Å². The highest BCUT2D eigenvalue weighted by molar-refractivity contribution is 5.00. The van der Waals surface area contributed by atoms with Crippen LogP contribution in [0.5, 0.6) is 0 Å². The predicted molar refractivity (Wildman–Crippen MR) is 79.6 cm³/mol. The lowest BCUT2D eigenvalue weighted by molar-refractivity contribution is -0.337. The Bertz CT molecular complexity index is 300. The minimum atomic E-state index is -1.20. The zero-order valence-corrected chi connectivity index (χ0v) is 13.4. The molecular weight excluding hydrogens is 274 g/mol. The first kappa shape index (κ1) is 18.8. The highest BCUT2D eigenvalue weighted by Gasteiger charge is 2.53. The number of hydrogen-bond donors (Lipinski definition) is 4. The first-order chi connectivity index (χ1) is 9.88. The zero-order chi connectivity index (χ0) is 16.0. The van der Waals surface area contributed by atoms with E-state index in [9.17, 15) is 15.3 Å². The Morgan fingerprint density at radius 3 is 2.43 bits per heavy atom. The number of ether oxygens (including phenoxy) is 2. The van der Waals surface area contributed by atoms with E-state index in [0.717, 1.165) is 19.3 Å². The Kier molecular flexibility index (Phi) is 7.53. The fourth-order valence-corrected chi connectivity index (χ4v) is 2.78. The molecule has 0 radical (unpaired) electrons. The van der Waals surface area contributed by atoms with Crippen molar-refractivity contribution in [3.8, 4) is 0 Å². The van der Waals surface area contributed by atoms with Crippen LogP contribution in [0.25, 0.3) is 0 Å². The summed E-state index contributed by atoms with van der Waals surface area (Å²) in [6.07, 6.45) is 0.237. The minimum absolute atomic E-state index is 0.240. The van der Waals surface area contributed by atoms with Gasteiger partial charge in [-0.3, -0.25) is 0 Å². The van der Waals surface area contributed by atoms with Crippen molar-refractivity contribution in [2.75, 3.05) is 13.2 Å². The van der Waals surface area contributed by atoms with Crippen molar-refractivity contribution in [1.82, 2.24) is 0 Å². The van der Waals surface area contributed by atoms with Crippen molar-refractivity contribution in [3.63, 3.8) is 0 Å². The van der Waals surface area contributed by atoms with E-state index in [1.807, 2.05) is 13.8 Å². The van der Waals surface area contributed by atoms with Gasteiger partial charge in [-0.25, -0.2) is 0 Å². The summed E-state index contributed by atoms with van der Waals surface area (Å²) in [7, 11) is 0. The SMILES string of the molecule is CCCCCOC1(CC(C)C)O[C@H](CO)[C@H](O)[C@H](O)[C@H]1N. The first-order valence-corrected chi connectivity index (χ1v) is 7.92. The second-order valence-electron chi connectivity index (χ2n) is 6.31. The molecule has 0 saturated carbocycles. The van der Waals surface area contributed by atoms with Gasteiger partial charge >= 0.3 is 0 Å². The Morgan fingerprint density at radius 1 is 1.24 bits per heavy atom. The molecule has 21 heavy (non-hydrogen) atoms. The van der Waals surface area contributed by atoms with Crippen LogP contribution in [0.15, 0.2) is 0 Å². The average Bonchev–Trinajstić information content (AvgIpc) is 2.44. The molecule has 5 atom stereocenters. The molecule has 6 nitrogen and oxygen atoms in total. The first-order valence-electron chi connectivity index (χ1n) is 7.92. The van der Waals surface area contributed by atoms with Crippen LogP contribution in [0.1, 0.15) is 46.5 Å². The summed E-state index contributed by atoms with van der Waals surface area (Å²) in [5.74, 6) is -0.919. The molecule has 0 spiro atoms. The summed E-state index contributed by atoms with van der Waals surface area (Å²) in [4.78, 5) is 0. The molecule has 0 bridgehead atoms. The lowest BCUT2D eigenvalue weighted by Gasteiger charge is -2.49. The number of rotatable bonds is 8. The molecule has 1 heterocycles. The second kappa shape index (κ2) is 8.41. The Hall–Kier alpha value is -0.240. The van der Waals surface area contributed by atoms with E-state index in [0.29, 0.717) is 13.0 Å². The quantitative estimate of drug-likeness (QED) is 0.483. The van der Waals surface area contributed by atoms with Gasteiger partial charge in [0, 0.05) is 6.42 Å². The Labute approximate surface area is 127 Å². The van der Waals surface area contributed by atoms with Crippen LogP contribution >= 0.6 is 0 Å². The van der Waals surface area contributed by atoms with Crippen LogP contribution < -0.4 is 5.73 Å². The fourth-order valence-electron chi connectivity index (χ4n) is 2.78. The third kappa shape index (κ3) is 4.61. The van der Waals surface area contributed by atoms with Crippen LogP contribution in [0.4, 0.5) is 0 Å². The second-order valence-corrected chi connectivity index (χ2v) is 6.31. The summed E-state index contributed by atoms with van der Waals surface area (Å²) in [5.41, 5.74) is 6.09. The molecule has 0 aliphatic carbocycles. The molecule has 5 N–H and O–H groups in total. The average molecular weight is 305 g/mol. The summed E-state index contributed by atoms with van der Waals surface area (Å²) >= 11 is 0. The van der Waals surface area contributed by atoms with E-state index in [1.54, 1.807) is 0 Å². The normalized spacial score (nSPS) is 37.1. The molecular formula is C15H31NO5. The summed E-state index contributed by atoms with van der Waals surface area (Å²) in [6.45, 7) is 6.23. The Balaban J connectivity index is 2.86. The molecule has 1 rings (SSSR count). The van der Waals surface area contributed by atoms with E-state index < -0.39 is 30.1 Å². The molecule has 1 aliphatic rings. The largest absolute Gasteiger partial charge is 0.394 e. The van der Waals surface area contributed by atoms with Gasteiger partial charge in [0.1, 0.15) is 18.3 Å². The highest BCUT2D eigenvalue weighted by Crippen LogP contribution is 2.35. The predicted octanol–water partition coefficient (Wildman–Crippen LogP) is 0.376. The van der Waals surface area contributed by atoms with Crippen molar-refractivity contribution < 1.29 is 24.8 Å². The van der Waals surface area contributed by atoms with Crippen LogP contribution in [-0.4, -0.2) is 58.7 Å². The summed E-state index contributed by atoms with van der Waals surface area (Å²) < 4.78 is 11.7. The summed E-state index contributed by atoms with van der Waals surface area (Å²) in [5, 5.41) is 29.4. The number of aliphatic hydroxyl groups excluding tert-OH is 3. The zero-order valence-electron chi connectivity index (χ0n) is 13.4. The van der Waals surface area contributed by atoms with E-state index >= 15 is 0 Å². The van der Waals surface area contributed by atoms with Gasteiger partial charge < -0.3 is 30.5 Å². The van der Waals surface area contributed by atoms with E-state index in [1.165, 1.54) is 0 Å². The standard InChI is InChI=1S/C15H31NO5/c1-4-5-6-7-20-15(8-10(2)3)14(16)13(19)12(18)11(9-17)21-15/h10-14,17-19H,4-9,16H2,1-3H3/t11-,12+,13+,14-,15?/m1/s1. The highest BCUT2D eigenvalue weighted by atomic mass is 16.7. The third-order valence-corrected chi connectivity index (χ3v) is 3.92. The van der Waals surface area contributed by atoms with Crippen LogP contribution in [0.2, 0.25) is 0 Å². The van der Waals surface area contributed by atoms with Gasteiger partial charge in [0.15, 0.2) is 5.79 Å². The van der Waals surface area contributed by atoms with Crippen molar-refractivity contribution in [3.05, 3.63) is 0 Å². The van der Waals surface area contributed by atoms with E-state index in [4.69, 9.17) is 15.2 Å². The molecule has 0 aromatic rings. The van der Waals surface area contributed by atoms with E-state index in [2.05, 4.69) is 6.92 Å². The number of unbranched alkanes of at least 4 members (excludes halogenated alkanes) is 2. The van der Waals surface area contributed by atoms with Gasteiger partial charge in [-0.15, -0.1) is 0 Å². The number of aliphatic hydroxyl groups is 3. The monoisotopic (exact) mass is 305 g/mol. The molecule has 0 aromatic carbocycles. The minimum Gasteiger partial charge on any atom is -0.394 e. The third-order valence-electron chi connectivity index (χ3n) is 3.92. The maximum atomic E-state index is 10.2. The van der Waals surface area contributed by atoms with Gasteiger partial charge in [-0.2, -0.15) is 0 Å². The van der Waals surface area contributed by atoms with Gasteiger partial charge in [0.25, 0.3) is 0 Å². The van der Waals surface area contributed by atoms with Crippen LogP contribution in [0, 0.1) is 5.92 Å². The molecule has 6 heteroatoms. The van der Waals surface area contributed by atoms with Crippen molar-refractivity contribution in [1.29, 1.82) is 0 Å². The maximum Gasteiger partial charge on any atom is 0.186 e. The molecule has 0 aromatic heterocycles. The number of nitrogens with two attached hydrogens (primary N) is 1. The topological polar surface area (TPSA) is 105 Å². The maximum absolute atomic E-state index is 10.2. The Morgan fingerprint density at radius 2 is 1.90 bits per heavy atom. The molecule has 1 unspecified atom stereocenters. The van der Waals surface area contributed by atoms with Crippen LogP contribution in [-0.2, 0) is 9.47 Å². The number of hydrogen-bond acceptors (Lipinski definition) is 6. The lowest BCUT2D eigenvalue weighted by atomic mass is 9.86. The van der Waals surface area contributed by atoms with Gasteiger partial charge in [0.05, 0.1) is 19.3 Å². The summed E-state index contributed by atoms with van der Waals surface area (Å²) in [6, 6.07) is -0.848. The van der Waals surface area contributed by atoms with Crippen LogP contribution in [0.3, 0.4) is 0 Å². The molecule has 1 saturated heterocycles. The van der Waals surface area contributed by atoms with E-state index in [-0.39, 0.29) is 12.5 Å². The molecule has 1 fully saturated rings. The molecule has 0 amide bonds. The van der Waals surface area contributed by atoms with Crippen molar-refractivity contribution >= 4 is 0 Å². The molecule has 126 valence electrons. The van der Waals surface area contributed by atoms with Gasteiger partial charge in [0.2, 0.25) is 0 Å². The van der Waals surface area contributed by atoms with Gasteiger partial charge in [-0.1, -0.05) is 33.6 Å². The van der Waals surface area contributed by atoms with Gasteiger partial charge in [-0.05, 0) is 12.3 Å².